The first-order chi connectivity index (χ1) is 21.2. The molecule has 2 nitrogen and oxygen atoms in total. The first kappa shape index (κ1) is 31.2. The average molecular weight is 595 g/mol. The zero-order valence-electron chi connectivity index (χ0n) is 25.4. The third-order valence-corrected chi connectivity index (χ3v) is 8.70. The van der Waals surface area contributed by atoms with Crippen LogP contribution in [0, 0.1) is 30.3 Å². The minimum absolute atomic E-state index is 0.147. The molecule has 0 bridgehead atoms. The van der Waals surface area contributed by atoms with Gasteiger partial charge >= 0.3 is 0 Å². The van der Waals surface area contributed by atoms with Crippen LogP contribution in [0.1, 0.15) is 93.1 Å². The molecule has 0 amide bonds. The second kappa shape index (κ2) is 13.6. The minimum Gasteiger partial charge on any atom is -0.294 e. The first-order valence-electron chi connectivity index (χ1n) is 15.4. The van der Waals surface area contributed by atoms with Gasteiger partial charge in [-0.25, -0.2) is 13.2 Å². The van der Waals surface area contributed by atoms with Crippen LogP contribution in [0.4, 0.5) is 13.2 Å². The highest BCUT2D eigenvalue weighted by molar-refractivity contribution is 6.02. The van der Waals surface area contributed by atoms with Crippen LogP contribution in [-0.4, -0.2) is 11.6 Å². The van der Waals surface area contributed by atoms with Gasteiger partial charge in [0.1, 0.15) is 17.5 Å². The molecular formula is C39H37F3O2. The Morgan fingerprint density at radius 2 is 1.55 bits per heavy atom. The van der Waals surface area contributed by atoms with E-state index in [4.69, 9.17) is 0 Å². The highest BCUT2D eigenvalue weighted by Gasteiger charge is 2.38. The largest absolute Gasteiger partial charge is 0.294 e. The van der Waals surface area contributed by atoms with Gasteiger partial charge in [0.15, 0.2) is 11.6 Å². The van der Waals surface area contributed by atoms with Crippen LogP contribution < -0.4 is 0 Å². The smallest absolute Gasteiger partial charge is 0.176 e. The Kier molecular flexibility index (Phi) is 9.63. The van der Waals surface area contributed by atoms with Crippen molar-refractivity contribution in [3.05, 3.63) is 147 Å². The summed E-state index contributed by atoms with van der Waals surface area (Å²) in [6.07, 6.45) is 5.91. The summed E-state index contributed by atoms with van der Waals surface area (Å²) in [5, 5.41) is 0. The highest BCUT2D eigenvalue weighted by Crippen LogP contribution is 2.46. The maximum Gasteiger partial charge on any atom is 0.176 e. The number of Topliss-reactive ketones (excluding diaryl/α,β-unsaturated/α-hetero) is 2. The molecule has 0 spiro atoms. The molecule has 0 aliphatic heterocycles. The highest BCUT2D eigenvalue weighted by atomic mass is 19.1. The zero-order valence-corrected chi connectivity index (χ0v) is 25.4. The van der Waals surface area contributed by atoms with E-state index < -0.39 is 34.7 Å². The van der Waals surface area contributed by atoms with E-state index in [1.54, 1.807) is 0 Å². The second-order valence-corrected chi connectivity index (χ2v) is 11.7. The van der Waals surface area contributed by atoms with Gasteiger partial charge in [0.25, 0.3) is 0 Å². The molecule has 0 aromatic heterocycles. The van der Waals surface area contributed by atoms with Crippen LogP contribution in [0.3, 0.4) is 0 Å². The van der Waals surface area contributed by atoms with Gasteiger partial charge in [-0.1, -0.05) is 86.2 Å². The van der Waals surface area contributed by atoms with Crippen LogP contribution in [0.2, 0.25) is 0 Å². The van der Waals surface area contributed by atoms with Gasteiger partial charge in [0.2, 0.25) is 0 Å². The Balaban J connectivity index is 1.50. The van der Waals surface area contributed by atoms with Crippen molar-refractivity contribution in [1.82, 2.24) is 0 Å². The Bertz CT molecular complexity index is 1700. The number of allylic oxidation sites excluding steroid dienone is 2. The van der Waals surface area contributed by atoms with Crippen LogP contribution in [0.25, 0.3) is 5.57 Å². The Morgan fingerprint density at radius 1 is 0.841 bits per heavy atom. The topological polar surface area (TPSA) is 34.1 Å². The molecule has 2 unspecified atom stereocenters. The summed E-state index contributed by atoms with van der Waals surface area (Å²) in [6, 6.07) is 23.0. The molecule has 4 aromatic carbocycles. The quantitative estimate of drug-likeness (QED) is 0.162. The molecule has 0 N–H and O–H groups in total. The number of carbonyl (C=O) groups is 2. The summed E-state index contributed by atoms with van der Waals surface area (Å²) in [7, 11) is 0. The average Bonchev–Trinajstić information content (AvgIpc) is 3.45. The van der Waals surface area contributed by atoms with Crippen LogP contribution in [0.5, 0.6) is 0 Å². The number of halogens is 3. The number of carbonyl (C=O) groups excluding carboxylic acids is 2. The van der Waals surface area contributed by atoms with Gasteiger partial charge < -0.3 is 0 Å². The third kappa shape index (κ3) is 6.62. The number of rotatable bonds is 11. The molecular weight excluding hydrogens is 557 g/mol. The Morgan fingerprint density at radius 3 is 2.23 bits per heavy atom. The van der Waals surface area contributed by atoms with Gasteiger partial charge in [-0.2, -0.15) is 0 Å². The van der Waals surface area contributed by atoms with Gasteiger partial charge in [0, 0.05) is 36.0 Å². The molecule has 5 rings (SSSR count). The normalized spacial score (nSPS) is 16.2. The van der Waals surface area contributed by atoms with Crippen molar-refractivity contribution in [1.29, 1.82) is 0 Å². The molecule has 0 saturated carbocycles. The molecule has 0 saturated heterocycles. The number of benzene rings is 4. The number of hydrogen-bond donors (Lipinski definition) is 0. The minimum atomic E-state index is -1.19. The summed E-state index contributed by atoms with van der Waals surface area (Å²) in [4.78, 5) is 26.3. The fraction of sp³-hybridized carbons (Fsp3) is 0.282. The monoisotopic (exact) mass is 594 g/mol. The number of aryl methyl sites for hydroxylation is 3. The lowest BCUT2D eigenvalue weighted by atomic mass is 9.79. The van der Waals surface area contributed by atoms with Gasteiger partial charge in [-0.3, -0.25) is 9.59 Å². The molecule has 4 aromatic rings. The number of hydrogen-bond acceptors (Lipinski definition) is 2. The second-order valence-electron chi connectivity index (χ2n) is 11.7. The predicted octanol–water partition coefficient (Wildman–Crippen LogP) is 9.81. The standard InChI is InChI=1S/C39H37F3O2/c1-4-8-37(43)28-11-6-9-25(19-28)15-18-27-10-7-12-32(31(27)5-2)33-20-29(26-16-13-24(3)14-17-26)21-34(33)39(44)38-35(41)22-30(40)23-36(38)42/h6-7,9-14,16-17,19,21-23,33-34H,4-5,8,15,18,20H2,1-3H3. The Hall–Kier alpha value is -4.25. The van der Waals surface area contributed by atoms with E-state index in [0.717, 1.165) is 70.2 Å². The third-order valence-electron chi connectivity index (χ3n) is 8.70. The van der Waals surface area contributed by atoms with Gasteiger partial charge in [-0.15, -0.1) is 0 Å². The maximum absolute atomic E-state index is 14.9. The number of ketones is 2. The van der Waals surface area contributed by atoms with Crippen molar-refractivity contribution in [2.24, 2.45) is 5.92 Å². The summed E-state index contributed by atoms with van der Waals surface area (Å²) in [5.41, 5.74) is 7.37. The molecule has 1 aliphatic carbocycles. The molecule has 5 heteroatoms. The summed E-state index contributed by atoms with van der Waals surface area (Å²) in [6.45, 7) is 6.07. The van der Waals surface area contributed by atoms with Crippen molar-refractivity contribution < 1.29 is 22.8 Å². The molecule has 0 heterocycles. The lowest BCUT2D eigenvalue weighted by molar-refractivity contribution is 0.0924. The van der Waals surface area contributed by atoms with Gasteiger partial charge in [-0.05, 0) is 78.5 Å². The van der Waals surface area contributed by atoms with Crippen molar-refractivity contribution in [2.75, 3.05) is 0 Å². The molecule has 226 valence electrons. The van der Waals surface area contributed by atoms with E-state index in [-0.39, 0.29) is 11.7 Å². The predicted molar refractivity (Wildman–Crippen MR) is 170 cm³/mol. The fourth-order valence-corrected chi connectivity index (χ4v) is 6.47. The molecule has 0 radical (unpaired) electrons. The van der Waals surface area contributed by atoms with Crippen LogP contribution >= 0.6 is 0 Å². The van der Waals surface area contributed by atoms with E-state index in [0.29, 0.717) is 25.0 Å². The Labute approximate surface area is 257 Å². The van der Waals surface area contributed by atoms with Crippen LogP contribution in [-0.2, 0) is 19.3 Å². The van der Waals surface area contributed by atoms with Crippen molar-refractivity contribution in [2.45, 2.75) is 65.2 Å². The zero-order chi connectivity index (χ0) is 31.4. The van der Waals surface area contributed by atoms with E-state index in [9.17, 15) is 22.8 Å². The van der Waals surface area contributed by atoms with Crippen molar-refractivity contribution in [3.8, 4) is 0 Å². The molecule has 44 heavy (non-hydrogen) atoms. The molecule has 1 aliphatic rings. The fourth-order valence-electron chi connectivity index (χ4n) is 6.47. The van der Waals surface area contributed by atoms with E-state index in [2.05, 4.69) is 13.0 Å². The first-order valence-corrected chi connectivity index (χ1v) is 15.4. The van der Waals surface area contributed by atoms with E-state index in [1.165, 1.54) is 0 Å². The lowest BCUT2D eigenvalue weighted by Crippen LogP contribution is -2.21. The van der Waals surface area contributed by atoms with E-state index >= 15 is 0 Å². The SMILES string of the molecule is CCCC(=O)c1cccc(CCc2cccc(C3CC(c4ccc(C)cc4)=CC3C(=O)c3c(F)cc(F)cc3F)c2CC)c1. The summed E-state index contributed by atoms with van der Waals surface area (Å²) < 4.78 is 43.4. The lowest BCUT2D eigenvalue weighted by Gasteiger charge is -2.24. The molecule has 2 atom stereocenters. The van der Waals surface area contributed by atoms with Crippen molar-refractivity contribution >= 4 is 17.1 Å². The summed E-state index contributed by atoms with van der Waals surface area (Å²) >= 11 is 0. The van der Waals surface area contributed by atoms with Gasteiger partial charge in [0.05, 0.1) is 5.56 Å². The summed E-state index contributed by atoms with van der Waals surface area (Å²) in [5.74, 6) is -5.13. The molecule has 0 fully saturated rings. The van der Waals surface area contributed by atoms with Crippen LogP contribution in [0.15, 0.2) is 84.9 Å². The van der Waals surface area contributed by atoms with E-state index in [1.807, 2.05) is 80.6 Å². The maximum atomic E-state index is 14.9. The van der Waals surface area contributed by atoms with Crippen molar-refractivity contribution in [3.63, 3.8) is 0 Å².